The molecule has 1 amide bonds. The van der Waals surface area contributed by atoms with Crippen molar-refractivity contribution in [3.63, 3.8) is 0 Å². The fourth-order valence-electron chi connectivity index (χ4n) is 1.92. The number of nitrogens with one attached hydrogen (secondary N) is 1. The molecule has 2 N–H and O–H groups in total. The zero-order chi connectivity index (χ0) is 15.4. The van der Waals surface area contributed by atoms with Crippen LogP contribution in [-0.2, 0) is 4.79 Å². The molecule has 2 aromatic rings. The topological polar surface area (TPSA) is 75.6 Å². The van der Waals surface area contributed by atoms with Gasteiger partial charge in [-0.05, 0) is 48.6 Å². The summed E-state index contributed by atoms with van der Waals surface area (Å²) in [4.78, 5) is 22.9. The summed E-state index contributed by atoms with van der Waals surface area (Å²) in [6.45, 7) is 3.73. The fourth-order valence-corrected chi connectivity index (χ4v) is 2.61. The van der Waals surface area contributed by atoms with E-state index in [1.54, 1.807) is 11.4 Å². The number of carboxylic acid groups (broad SMARTS) is 1. The van der Waals surface area contributed by atoms with Gasteiger partial charge in [-0.1, -0.05) is 6.07 Å². The number of benzene rings is 1. The van der Waals surface area contributed by atoms with Gasteiger partial charge in [0.2, 0.25) is 0 Å². The second kappa shape index (κ2) is 6.41. The van der Waals surface area contributed by atoms with Gasteiger partial charge in [-0.15, -0.1) is 11.3 Å². The van der Waals surface area contributed by atoms with E-state index in [9.17, 15) is 9.59 Å². The number of aryl methyl sites for hydroxylation is 2. The Morgan fingerprint density at radius 3 is 2.52 bits per heavy atom. The summed E-state index contributed by atoms with van der Waals surface area (Å²) in [5.41, 5.74) is 2.40. The molecular weight excluding hydrogens is 290 g/mol. The summed E-state index contributed by atoms with van der Waals surface area (Å²) < 4.78 is 5.42. The molecule has 0 unspecified atom stereocenters. The summed E-state index contributed by atoms with van der Waals surface area (Å²) in [6, 6.07) is 7.25. The van der Waals surface area contributed by atoms with E-state index in [1.165, 1.54) is 0 Å². The van der Waals surface area contributed by atoms with E-state index in [-0.39, 0.29) is 11.5 Å². The number of carbonyl (C=O) groups excluding carboxylic acids is 1. The van der Waals surface area contributed by atoms with Gasteiger partial charge in [0.25, 0.3) is 5.91 Å². The van der Waals surface area contributed by atoms with Crippen molar-refractivity contribution in [2.75, 3.05) is 11.9 Å². The molecule has 0 spiro atoms. The summed E-state index contributed by atoms with van der Waals surface area (Å²) in [6.07, 6.45) is 0. The third kappa shape index (κ3) is 4.06. The van der Waals surface area contributed by atoms with Gasteiger partial charge < -0.3 is 15.2 Å². The molecule has 5 nitrogen and oxygen atoms in total. The number of ether oxygens (including phenoxy) is 1. The highest BCUT2D eigenvalue weighted by Gasteiger charge is 2.14. The van der Waals surface area contributed by atoms with E-state index in [4.69, 9.17) is 9.84 Å². The molecule has 0 saturated heterocycles. The van der Waals surface area contributed by atoms with Gasteiger partial charge in [-0.3, -0.25) is 4.79 Å². The van der Waals surface area contributed by atoms with Crippen LogP contribution in [0.2, 0.25) is 0 Å². The van der Waals surface area contributed by atoms with Crippen LogP contribution in [0.25, 0.3) is 0 Å². The maximum Gasteiger partial charge on any atom is 0.348 e. The smallest absolute Gasteiger partial charge is 0.348 e. The first-order chi connectivity index (χ1) is 9.95. The Morgan fingerprint density at radius 1 is 1.24 bits per heavy atom. The first-order valence-corrected chi connectivity index (χ1v) is 7.15. The third-order valence-corrected chi connectivity index (χ3v) is 3.60. The van der Waals surface area contributed by atoms with Gasteiger partial charge in [-0.2, -0.15) is 0 Å². The molecule has 0 fully saturated rings. The number of hydrogen-bond acceptors (Lipinski definition) is 4. The van der Waals surface area contributed by atoms with Crippen molar-refractivity contribution in [3.8, 4) is 5.75 Å². The molecule has 0 aliphatic carbocycles. The molecule has 2 rings (SSSR count). The van der Waals surface area contributed by atoms with Gasteiger partial charge in [-0.25, -0.2) is 4.79 Å². The van der Waals surface area contributed by atoms with Crippen LogP contribution in [0.1, 0.15) is 20.8 Å². The van der Waals surface area contributed by atoms with E-state index in [0.717, 1.165) is 22.5 Å². The van der Waals surface area contributed by atoms with Gasteiger partial charge in [0.05, 0.1) is 5.69 Å². The maximum atomic E-state index is 11.8. The van der Waals surface area contributed by atoms with Gasteiger partial charge in [0, 0.05) is 0 Å². The lowest BCUT2D eigenvalue weighted by Gasteiger charge is -2.08. The van der Waals surface area contributed by atoms with E-state index in [2.05, 4.69) is 5.32 Å². The van der Waals surface area contributed by atoms with Crippen molar-refractivity contribution >= 4 is 28.9 Å². The van der Waals surface area contributed by atoms with E-state index >= 15 is 0 Å². The molecule has 0 radical (unpaired) electrons. The van der Waals surface area contributed by atoms with Crippen LogP contribution in [0.15, 0.2) is 29.6 Å². The van der Waals surface area contributed by atoms with Crippen LogP contribution in [-0.4, -0.2) is 23.6 Å². The molecule has 0 aliphatic rings. The van der Waals surface area contributed by atoms with Crippen molar-refractivity contribution in [2.24, 2.45) is 0 Å². The van der Waals surface area contributed by atoms with Crippen LogP contribution in [0.5, 0.6) is 5.75 Å². The summed E-state index contributed by atoms with van der Waals surface area (Å²) in [7, 11) is 0. The molecule has 0 atom stereocenters. The van der Waals surface area contributed by atoms with E-state index in [0.29, 0.717) is 11.4 Å². The monoisotopic (exact) mass is 305 g/mol. The Morgan fingerprint density at radius 2 is 1.90 bits per heavy atom. The number of carboxylic acids is 1. The Hall–Kier alpha value is -2.34. The Labute approximate surface area is 126 Å². The highest BCUT2D eigenvalue weighted by Crippen LogP contribution is 2.22. The molecule has 1 heterocycles. The van der Waals surface area contributed by atoms with Crippen LogP contribution in [0, 0.1) is 13.8 Å². The minimum Gasteiger partial charge on any atom is -0.484 e. The SMILES string of the molecule is Cc1cc(C)cc(OCC(=O)Nc2ccsc2C(=O)O)c1. The zero-order valence-electron chi connectivity index (χ0n) is 11.7. The van der Waals surface area contributed by atoms with Crippen LogP contribution >= 0.6 is 11.3 Å². The minimum atomic E-state index is -1.06. The number of anilines is 1. The zero-order valence-corrected chi connectivity index (χ0v) is 12.5. The normalized spacial score (nSPS) is 10.2. The number of thiophene rings is 1. The number of carbonyl (C=O) groups is 2. The number of hydrogen-bond donors (Lipinski definition) is 2. The van der Waals surface area contributed by atoms with Crippen molar-refractivity contribution in [1.82, 2.24) is 0 Å². The fraction of sp³-hybridized carbons (Fsp3) is 0.200. The number of amides is 1. The summed E-state index contributed by atoms with van der Waals surface area (Å²) >= 11 is 1.06. The molecule has 1 aromatic carbocycles. The van der Waals surface area contributed by atoms with Gasteiger partial charge in [0.1, 0.15) is 10.6 Å². The maximum absolute atomic E-state index is 11.8. The Kier molecular flexibility index (Phi) is 4.59. The third-order valence-electron chi connectivity index (χ3n) is 2.70. The van der Waals surface area contributed by atoms with Gasteiger partial charge >= 0.3 is 5.97 Å². The summed E-state index contributed by atoms with van der Waals surface area (Å²) in [5.74, 6) is -0.836. The lowest BCUT2D eigenvalue weighted by atomic mass is 10.1. The lowest BCUT2D eigenvalue weighted by molar-refractivity contribution is -0.118. The van der Waals surface area contributed by atoms with Crippen LogP contribution < -0.4 is 10.1 Å². The molecule has 6 heteroatoms. The Bertz CT molecular complexity index is 658. The van der Waals surface area contributed by atoms with Crippen molar-refractivity contribution in [1.29, 1.82) is 0 Å². The molecular formula is C15H15NO4S. The standard InChI is InChI=1S/C15H15NO4S/c1-9-5-10(2)7-11(6-9)20-8-13(17)16-12-3-4-21-14(12)15(18)19/h3-7H,8H2,1-2H3,(H,16,17)(H,18,19). The second-order valence-corrected chi connectivity index (χ2v) is 5.54. The average Bonchev–Trinajstić information content (AvgIpc) is 2.83. The molecule has 0 bridgehead atoms. The first kappa shape index (κ1) is 15.1. The molecule has 110 valence electrons. The van der Waals surface area contributed by atoms with Crippen LogP contribution in [0.3, 0.4) is 0 Å². The van der Waals surface area contributed by atoms with E-state index < -0.39 is 11.9 Å². The molecule has 0 saturated carbocycles. The van der Waals surface area contributed by atoms with Crippen molar-refractivity contribution in [3.05, 3.63) is 45.6 Å². The second-order valence-electron chi connectivity index (χ2n) is 4.63. The summed E-state index contributed by atoms with van der Waals surface area (Å²) in [5, 5.41) is 13.1. The first-order valence-electron chi connectivity index (χ1n) is 6.27. The number of aromatic carboxylic acids is 1. The van der Waals surface area contributed by atoms with Crippen molar-refractivity contribution in [2.45, 2.75) is 13.8 Å². The van der Waals surface area contributed by atoms with E-state index in [1.807, 2.05) is 32.0 Å². The van der Waals surface area contributed by atoms with Crippen molar-refractivity contribution < 1.29 is 19.4 Å². The van der Waals surface area contributed by atoms with Crippen LogP contribution in [0.4, 0.5) is 5.69 Å². The highest BCUT2D eigenvalue weighted by molar-refractivity contribution is 7.12. The predicted molar refractivity (Wildman–Crippen MR) is 81.3 cm³/mol. The number of rotatable bonds is 5. The Balaban J connectivity index is 1.96. The average molecular weight is 305 g/mol. The predicted octanol–water partition coefficient (Wildman–Crippen LogP) is 3.08. The largest absolute Gasteiger partial charge is 0.484 e. The van der Waals surface area contributed by atoms with Gasteiger partial charge in [0.15, 0.2) is 6.61 Å². The highest BCUT2D eigenvalue weighted by atomic mass is 32.1. The molecule has 0 aliphatic heterocycles. The quantitative estimate of drug-likeness (QED) is 0.890. The molecule has 21 heavy (non-hydrogen) atoms. The minimum absolute atomic E-state index is 0.106. The lowest BCUT2D eigenvalue weighted by Crippen LogP contribution is -2.21. The molecule has 1 aromatic heterocycles.